The Morgan fingerprint density at radius 1 is 1.31 bits per heavy atom. The van der Waals surface area contributed by atoms with Crippen LogP contribution in [0.1, 0.15) is 5.56 Å². The third-order valence-corrected chi connectivity index (χ3v) is 2.06. The lowest BCUT2D eigenvalue weighted by molar-refractivity contribution is 0.574. The van der Waals surface area contributed by atoms with E-state index in [4.69, 9.17) is 16.0 Å². The van der Waals surface area contributed by atoms with Gasteiger partial charge >= 0.3 is 0 Å². The molecule has 0 atom stereocenters. The van der Waals surface area contributed by atoms with Crippen molar-refractivity contribution in [2.24, 2.45) is 0 Å². The number of oxazole rings is 1. The molecule has 2 rings (SSSR count). The van der Waals surface area contributed by atoms with Crippen LogP contribution in [0.2, 0.25) is 5.35 Å². The maximum Gasteiger partial charge on any atom is 0.292 e. The molecule has 1 aromatic carbocycles. The summed E-state index contributed by atoms with van der Waals surface area (Å²) in [5, 5.41) is 0.179. The molecule has 0 amide bonds. The van der Waals surface area contributed by atoms with Crippen LogP contribution in [-0.4, -0.2) is 4.98 Å². The van der Waals surface area contributed by atoms with Crippen molar-refractivity contribution in [1.29, 1.82) is 0 Å². The summed E-state index contributed by atoms with van der Waals surface area (Å²) in [4.78, 5) is 3.83. The predicted octanol–water partition coefficient (Wildman–Crippen LogP) is 3.30. The van der Waals surface area contributed by atoms with Crippen molar-refractivity contribution < 1.29 is 4.42 Å². The van der Waals surface area contributed by atoms with E-state index in [9.17, 15) is 0 Å². The zero-order valence-electron chi connectivity index (χ0n) is 7.12. The van der Waals surface area contributed by atoms with E-state index >= 15 is 0 Å². The number of hydrogen-bond donors (Lipinski definition) is 0. The third kappa shape index (κ3) is 1.58. The molecule has 1 aromatic heterocycles. The molecule has 1 heterocycles. The molecule has 0 unspecified atom stereocenters. The van der Waals surface area contributed by atoms with Crippen LogP contribution in [-0.2, 0) is 0 Å². The Labute approximate surface area is 81.2 Å². The average Bonchev–Trinajstić information content (AvgIpc) is 2.53. The quantitative estimate of drug-likeness (QED) is 0.695. The number of nitrogens with zero attached hydrogens (tertiary/aromatic N) is 1. The Morgan fingerprint density at radius 2 is 2.08 bits per heavy atom. The molecule has 3 heteroatoms. The molecule has 2 aromatic rings. The fourth-order valence-electron chi connectivity index (χ4n) is 1.23. The van der Waals surface area contributed by atoms with Crippen molar-refractivity contribution in [3.05, 3.63) is 41.4 Å². The fraction of sp³-hybridized carbons (Fsp3) is 0.100. The maximum atomic E-state index is 5.58. The topological polar surface area (TPSA) is 26.0 Å². The first-order valence-electron chi connectivity index (χ1n) is 3.95. The van der Waals surface area contributed by atoms with Crippen LogP contribution in [0.4, 0.5) is 0 Å². The SMILES string of the molecule is Cc1ccccc1-c1cnc(Cl)o1. The molecule has 0 bridgehead atoms. The molecule has 0 N–H and O–H groups in total. The molecule has 66 valence electrons. The highest BCUT2D eigenvalue weighted by Crippen LogP contribution is 2.24. The van der Waals surface area contributed by atoms with E-state index in [1.807, 2.05) is 31.2 Å². The average molecular weight is 194 g/mol. The summed E-state index contributed by atoms with van der Waals surface area (Å²) in [5.41, 5.74) is 2.18. The van der Waals surface area contributed by atoms with Crippen LogP contribution in [0.15, 0.2) is 34.9 Å². The summed E-state index contributed by atoms with van der Waals surface area (Å²) >= 11 is 5.58. The van der Waals surface area contributed by atoms with E-state index in [-0.39, 0.29) is 5.35 Å². The van der Waals surface area contributed by atoms with Gasteiger partial charge < -0.3 is 4.42 Å². The Bertz CT molecular complexity index is 422. The summed E-state index contributed by atoms with van der Waals surface area (Å²) in [5.74, 6) is 0.711. The van der Waals surface area contributed by atoms with E-state index < -0.39 is 0 Å². The highest BCUT2D eigenvalue weighted by atomic mass is 35.5. The fourth-order valence-corrected chi connectivity index (χ4v) is 1.36. The zero-order valence-corrected chi connectivity index (χ0v) is 7.88. The maximum absolute atomic E-state index is 5.58. The highest BCUT2D eigenvalue weighted by Gasteiger charge is 2.05. The summed E-state index contributed by atoms with van der Waals surface area (Å²) in [6, 6.07) is 7.94. The van der Waals surface area contributed by atoms with Crippen LogP contribution in [0, 0.1) is 6.92 Å². The zero-order chi connectivity index (χ0) is 9.26. The van der Waals surface area contributed by atoms with Gasteiger partial charge in [-0.3, -0.25) is 0 Å². The van der Waals surface area contributed by atoms with Gasteiger partial charge in [0.2, 0.25) is 0 Å². The van der Waals surface area contributed by atoms with Gasteiger partial charge in [0, 0.05) is 5.56 Å². The molecule has 0 saturated heterocycles. The lowest BCUT2D eigenvalue weighted by atomic mass is 10.1. The number of rotatable bonds is 1. The molecule has 0 radical (unpaired) electrons. The van der Waals surface area contributed by atoms with Crippen LogP contribution in [0.3, 0.4) is 0 Å². The number of hydrogen-bond acceptors (Lipinski definition) is 2. The smallest absolute Gasteiger partial charge is 0.292 e. The minimum Gasteiger partial charge on any atom is -0.428 e. The third-order valence-electron chi connectivity index (χ3n) is 1.89. The standard InChI is InChI=1S/C10H8ClNO/c1-7-4-2-3-5-8(7)9-6-12-10(11)13-9/h2-6H,1H3. The number of halogens is 1. The molecule has 0 saturated carbocycles. The Kier molecular flexibility index (Phi) is 2.07. The first kappa shape index (κ1) is 8.32. The summed E-state index contributed by atoms with van der Waals surface area (Å²) in [6.07, 6.45) is 1.63. The minimum atomic E-state index is 0.179. The lowest BCUT2D eigenvalue weighted by Crippen LogP contribution is -1.78. The van der Waals surface area contributed by atoms with E-state index in [1.54, 1.807) is 6.20 Å². The van der Waals surface area contributed by atoms with E-state index in [0.29, 0.717) is 5.76 Å². The number of benzene rings is 1. The van der Waals surface area contributed by atoms with Crippen molar-refractivity contribution >= 4 is 11.6 Å². The van der Waals surface area contributed by atoms with Crippen LogP contribution >= 0.6 is 11.6 Å². The van der Waals surface area contributed by atoms with Gasteiger partial charge in [-0.25, -0.2) is 4.98 Å². The molecule has 13 heavy (non-hydrogen) atoms. The Morgan fingerprint density at radius 3 is 2.69 bits per heavy atom. The lowest BCUT2D eigenvalue weighted by Gasteiger charge is -1.99. The van der Waals surface area contributed by atoms with Gasteiger partial charge in [0.15, 0.2) is 5.76 Å². The minimum absolute atomic E-state index is 0.179. The molecule has 0 aliphatic carbocycles. The first-order valence-corrected chi connectivity index (χ1v) is 4.32. The van der Waals surface area contributed by atoms with Crippen LogP contribution in [0.5, 0.6) is 0 Å². The number of aryl methyl sites for hydroxylation is 1. The van der Waals surface area contributed by atoms with Gasteiger partial charge in [-0.2, -0.15) is 0 Å². The van der Waals surface area contributed by atoms with Crippen LogP contribution in [0.25, 0.3) is 11.3 Å². The predicted molar refractivity (Wildman–Crippen MR) is 51.7 cm³/mol. The summed E-state index contributed by atoms with van der Waals surface area (Å²) in [7, 11) is 0. The van der Waals surface area contributed by atoms with Crippen molar-refractivity contribution in [2.75, 3.05) is 0 Å². The first-order chi connectivity index (χ1) is 6.27. The summed E-state index contributed by atoms with van der Waals surface area (Å²) < 4.78 is 5.20. The van der Waals surface area contributed by atoms with E-state index in [1.165, 1.54) is 0 Å². The van der Waals surface area contributed by atoms with E-state index in [2.05, 4.69) is 4.98 Å². The second kappa shape index (κ2) is 3.23. The normalized spacial score (nSPS) is 10.3. The van der Waals surface area contributed by atoms with Crippen LogP contribution < -0.4 is 0 Å². The van der Waals surface area contributed by atoms with Gasteiger partial charge in [-0.1, -0.05) is 24.3 Å². The van der Waals surface area contributed by atoms with Crippen molar-refractivity contribution in [3.63, 3.8) is 0 Å². The molecule has 0 aliphatic heterocycles. The van der Waals surface area contributed by atoms with Crippen molar-refractivity contribution in [1.82, 2.24) is 4.98 Å². The Balaban J connectivity index is 2.52. The van der Waals surface area contributed by atoms with Crippen molar-refractivity contribution in [3.8, 4) is 11.3 Å². The summed E-state index contributed by atoms with van der Waals surface area (Å²) in [6.45, 7) is 2.02. The molecule has 0 aliphatic rings. The van der Waals surface area contributed by atoms with Gasteiger partial charge in [-0.15, -0.1) is 0 Å². The van der Waals surface area contributed by atoms with Gasteiger partial charge in [-0.05, 0) is 24.1 Å². The van der Waals surface area contributed by atoms with Crippen molar-refractivity contribution in [2.45, 2.75) is 6.92 Å². The monoisotopic (exact) mass is 193 g/mol. The Hall–Kier alpha value is -1.28. The van der Waals surface area contributed by atoms with E-state index in [0.717, 1.165) is 11.1 Å². The molecular weight excluding hydrogens is 186 g/mol. The number of aromatic nitrogens is 1. The molecule has 0 spiro atoms. The van der Waals surface area contributed by atoms with Gasteiger partial charge in [0.05, 0.1) is 6.20 Å². The molecule has 0 fully saturated rings. The van der Waals surface area contributed by atoms with Gasteiger partial charge in [0.1, 0.15) is 0 Å². The second-order valence-electron chi connectivity index (χ2n) is 2.79. The molecular formula is C10H8ClNO. The highest BCUT2D eigenvalue weighted by molar-refractivity contribution is 6.27. The van der Waals surface area contributed by atoms with Gasteiger partial charge in [0.25, 0.3) is 5.35 Å². The largest absolute Gasteiger partial charge is 0.428 e. The molecule has 2 nitrogen and oxygen atoms in total. The second-order valence-corrected chi connectivity index (χ2v) is 3.12.